The van der Waals surface area contributed by atoms with Crippen LogP contribution in [0.3, 0.4) is 0 Å². The number of rotatable bonds is 3. The Hall–Kier alpha value is -1.55. The topological polar surface area (TPSA) is 58.6 Å². The first-order valence-electron chi connectivity index (χ1n) is 5.51. The van der Waals surface area contributed by atoms with Gasteiger partial charge < -0.3 is 5.11 Å². The lowest BCUT2D eigenvalue weighted by molar-refractivity contribution is -0.0124. The summed E-state index contributed by atoms with van der Waals surface area (Å²) in [7, 11) is 0. The van der Waals surface area contributed by atoms with Crippen LogP contribution in [0, 0.1) is 0 Å². The molecule has 1 fully saturated rings. The standard InChI is InChI=1S/C12H15NO3/c14-10-7-5-9(6-8-10)12(15)13-16-11-3-1-2-4-11/h5-8,11,14H,1-4H2,(H,13,15). The molecule has 0 aliphatic heterocycles. The summed E-state index contributed by atoms with van der Waals surface area (Å²) in [4.78, 5) is 16.9. The first-order chi connectivity index (χ1) is 7.75. The molecule has 2 rings (SSSR count). The average molecular weight is 221 g/mol. The third-order valence-corrected chi connectivity index (χ3v) is 2.75. The van der Waals surface area contributed by atoms with Gasteiger partial charge in [0.15, 0.2) is 0 Å². The van der Waals surface area contributed by atoms with E-state index in [1.54, 1.807) is 12.1 Å². The third-order valence-electron chi connectivity index (χ3n) is 2.75. The molecule has 0 atom stereocenters. The number of amides is 1. The monoisotopic (exact) mass is 221 g/mol. The highest BCUT2D eigenvalue weighted by Gasteiger charge is 2.17. The van der Waals surface area contributed by atoms with Crippen LogP contribution in [0.25, 0.3) is 0 Å². The molecule has 0 heterocycles. The van der Waals surface area contributed by atoms with Gasteiger partial charge in [0.05, 0.1) is 6.10 Å². The Bertz CT molecular complexity index is 355. The van der Waals surface area contributed by atoms with E-state index in [0.29, 0.717) is 5.56 Å². The molecule has 1 amide bonds. The number of nitrogens with one attached hydrogen (secondary N) is 1. The maximum Gasteiger partial charge on any atom is 0.274 e. The second-order valence-electron chi connectivity index (χ2n) is 4.00. The molecule has 0 saturated heterocycles. The van der Waals surface area contributed by atoms with Crippen LogP contribution in [0.5, 0.6) is 5.75 Å². The van der Waals surface area contributed by atoms with E-state index < -0.39 is 0 Å². The Morgan fingerprint density at radius 3 is 2.50 bits per heavy atom. The molecular weight excluding hydrogens is 206 g/mol. The van der Waals surface area contributed by atoms with Gasteiger partial charge >= 0.3 is 0 Å². The largest absolute Gasteiger partial charge is 0.508 e. The van der Waals surface area contributed by atoms with Gasteiger partial charge in [0.1, 0.15) is 5.75 Å². The molecule has 2 N–H and O–H groups in total. The predicted octanol–water partition coefficient (Wildman–Crippen LogP) is 2.00. The van der Waals surface area contributed by atoms with E-state index in [1.807, 2.05) is 0 Å². The zero-order valence-electron chi connectivity index (χ0n) is 8.98. The number of carbonyl (C=O) groups excluding carboxylic acids is 1. The second kappa shape index (κ2) is 4.99. The number of aromatic hydroxyl groups is 1. The average Bonchev–Trinajstić information content (AvgIpc) is 2.80. The molecule has 0 unspecified atom stereocenters. The zero-order chi connectivity index (χ0) is 11.4. The van der Waals surface area contributed by atoms with Gasteiger partial charge in [-0.25, -0.2) is 5.48 Å². The molecule has 0 radical (unpaired) electrons. The zero-order valence-corrected chi connectivity index (χ0v) is 8.98. The van der Waals surface area contributed by atoms with Gasteiger partial charge in [-0.3, -0.25) is 9.63 Å². The lowest BCUT2D eigenvalue weighted by Crippen LogP contribution is -2.28. The van der Waals surface area contributed by atoms with Crippen molar-refractivity contribution in [3.05, 3.63) is 29.8 Å². The Labute approximate surface area is 94.2 Å². The molecule has 4 heteroatoms. The van der Waals surface area contributed by atoms with E-state index in [-0.39, 0.29) is 17.8 Å². The summed E-state index contributed by atoms with van der Waals surface area (Å²) in [5, 5.41) is 9.08. The Morgan fingerprint density at radius 1 is 1.25 bits per heavy atom. The van der Waals surface area contributed by atoms with E-state index in [0.717, 1.165) is 12.8 Å². The van der Waals surface area contributed by atoms with Gasteiger partial charge in [0.2, 0.25) is 0 Å². The highest BCUT2D eigenvalue weighted by atomic mass is 16.7. The van der Waals surface area contributed by atoms with Crippen LogP contribution in [0.2, 0.25) is 0 Å². The number of carbonyl (C=O) groups is 1. The molecule has 1 aliphatic rings. The second-order valence-corrected chi connectivity index (χ2v) is 4.00. The van der Waals surface area contributed by atoms with Crippen LogP contribution >= 0.6 is 0 Å². The van der Waals surface area contributed by atoms with Crippen molar-refractivity contribution in [2.24, 2.45) is 0 Å². The molecule has 0 aromatic heterocycles. The normalized spacial score (nSPS) is 16.2. The summed E-state index contributed by atoms with van der Waals surface area (Å²) in [5.74, 6) is -0.125. The Morgan fingerprint density at radius 2 is 1.88 bits per heavy atom. The maximum atomic E-state index is 11.6. The summed E-state index contributed by atoms with van der Waals surface area (Å²) in [5.41, 5.74) is 2.92. The highest BCUT2D eigenvalue weighted by molar-refractivity contribution is 5.93. The van der Waals surface area contributed by atoms with Gasteiger partial charge in [0, 0.05) is 5.56 Å². The Kier molecular flexibility index (Phi) is 3.41. The fourth-order valence-corrected chi connectivity index (χ4v) is 1.81. The van der Waals surface area contributed by atoms with Gasteiger partial charge in [-0.15, -0.1) is 0 Å². The van der Waals surface area contributed by atoms with Crippen molar-refractivity contribution in [1.29, 1.82) is 0 Å². The number of hydrogen-bond donors (Lipinski definition) is 2. The molecule has 1 aromatic rings. The molecule has 0 spiro atoms. The van der Waals surface area contributed by atoms with Crippen molar-refractivity contribution in [1.82, 2.24) is 5.48 Å². The summed E-state index contributed by atoms with van der Waals surface area (Å²) < 4.78 is 0. The summed E-state index contributed by atoms with van der Waals surface area (Å²) in [6.45, 7) is 0. The molecule has 86 valence electrons. The quantitative estimate of drug-likeness (QED) is 0.767. The number of hydroxylamine groups is 1. The van der Waals surface area contributed by atoms with Gasteiger partial charge in [-0.2, -0.15) is 0 Å². The van der Waals surface area contributed by atoms with E-state index in [1.165, 1.54) is 25.0 Å². The van der Waals surface area contributed by atoms with Crippen LogP contribution in [0.1, 0.15) is 36.0 Å². The first kappa shape index (κ1) is 11.0. The van der Waals surface area contributed by atoms with Crippen molar-refractivity contribution in [2.75, 3.05) is 0 Å². The molecule has 1 saturated carbocycles. The lowest BCUT2D eigenvalue weighted by atomic mass is 10.2. The van der Waals surface area contributed by atoms with E-state index >= 15 is 0 Å². The van der Waals surface area contributed by atoms with E-state index in [2.05, 4.69) is 5.48 Å². The van der Waals surface area contributed by atoms with E-state index in [9.17, 15) is 4.79 Å². The van der Waals surface area contributed by atoms with Crippen molar-refractivity contribution in [3.8, 4) is 5.75 Å². The minimum absolute atomic E-state index is 0.147. The third kappa shape index (κ3) is 2.73. The fourth-order valence-electron chi connectivity index (χ4n) is 1.81. The molecule has 0 bridgehead atoms. The van der Waals surface area contributed by atoms with Crippen LogP contribution in [-0.2, 0) is 4.84 Å². The highest BCUT2D eigenvalue weighted by Crippen LogP contribution is 2.20. The summed E-state index contributed by atoms with van der Waals surface area (Å²) >= 11 is 0. The van der Waals surface area contributed by atoms with Crippen molar-refractivity contribution < 1.29 is 14.7 Å². The number of hydrogen-bond acceptors (Lipinski definition) is 3. The van der Waals surface area contributed by atoms with Gasteiger partial charge in [-0.1, -0.05) is 12.8 Å². The molecule has 16 heavy (non-hydrogen) atoms. The first-order valence-corrected chi connectivity index (χ1v) is 5.51. The molecule has 1 aliphatic carbocycles. The summed E-state index contributed by atoms with van der Waals surface area (Å²) in [6, 6.07) is 6.07. The van der Waals surface area contributed by atoms with Crippen molar-refractivity contribution >= 4 is 5.91 Å². The van der Waals surface area contributed by atoms with Gasteiger partial charge in [-0.05, 0) is 37.1 Å². The lowest BCUT2D eigenvalue weighted by Gasteiger charge is -2.11. The molecule has 1 aromatic carbocycles. The number of benzene rings is 1. The predicted molar refractivity (Wildman–Crippen MR) is 58.9 cm³/mol. The van der Waals surface area contributed by atoms with Crippen LogP contribution < -0.4 is 5.48 Å². The number of phenolic OH excluding ortho intramolecular Hbond substituents is 1. The van der Waals surface area contributed by atoms with E-state index in [4.69, 9.17) is 9.94 Å². The SMILES string of the molecule is O=C(NOC1CCCC1)c1ccc(O)cc1. The number of phenols is 1. The smallest absolute Gasteiger partial charge is 0.274 e. The van der Waals surface area contributed by atoms with Crippen LogP contribution in [-0.4, -0.2) is 17.1 Å². The maximum absolute atomic E-state index is 11.6. The minimum Gasteiger partial charge on any atom is -0.508 e. The van der Waals surface area contributed by atoms with Crippen LogP contribution in [0.4, 0.5) is 0 Å². The minimum atomic E-state index is -0.271. The van der Waals surface area contributed by atoms with Crippen molar-refractivity contribution in [3.63, 3.8) is 0 Å². The Balaban J connectivity index is 1.85. The van der Waals surface area contributed by atoms with Gasteiger partial charge in [0.25, 0.3) is 5.91 Å². The fraction of sp³-hybridized carbons (Fsp3) is 0.417. The molecule has 4 nitrogen and oxygen atoms in total. The molecular formula is C12H15NO3. The summed E-state index contributed by atoms with van der Waals surface area (Å²) in [6.07, 6.45) is 4.51. The van der Waals surface area contributed by atoms with Crippen LogP contribution in [0.15, 0.2) is 24.3 Å². The van der Waals surface area contributed by atoms with Crippen molar-refractivity contribution in [2.45, 2.75) is 31.8 Å².